The van der Waals surface area contributed by atoms with Gasteiger partial charge in [0.25, 0.3) is 5.91 Å². The minimum atomic E-state index is -4.09. The van der Waals surface area contributed by atoms with E-state index in [1.807, 2.05) is 31.2 Å². The summed E-state index contributed by atoms with van der Waals surface area (Å²) in [6.07, 6.45) is 1.32. The van der Waals surface area contributed by atoms with Crippen molar-refractivity contribution in [2.75, 3.05) is 6.54 Å². The number of carbonyl (C=O) groups is 1. The average Bonchev–Trinajstić information content (AvgIpc) is 2.87. The molecular weight excluding hydrogens is 533 g/mol. The number of nitrogens with one attached hydrogen (secondary N) is 1. The number of amides is 1. The van der Waals surface area contributed by atoms with Crippen LogP contribution in [-0.2, 0) is 21.4 Å². The molecule has 0 bridgehead atoms. The Bertz CT molecular complexity index is 1570. The second kappa shape index (κ2) is 11.3. The Hall–Kier alpha value is -3.43. The van der Waals surface area contributed by atoms with Gasteiger partial charge in [-0.1, -0.05) is 77.3 Å². The maximum atomic E-state index is 13.5. The van der Waals surface area contributed by atoms with E-state index in [9.17, 15) is 18.3 Å². The van der Waals surface area contributed by atoms with Crippen LogP contribution in [0.4, 0.5) is 0 Å². The molecule has 0 radical (unpaired) electrons. The van der Waals surface area contributed by atoms with Gasteiger partial charge in [-0.3, -0.25) is 4.79 Å². The van der Waals surface area contributed by atoms with Gasteiger partial charge in [0.2, 0.25) is 10.0 Å². The highest BCUT2D eigenvalue weighted by Gasteiger charge is 2.28. The molecule has 37 heavy (non-hydrogen) atoms. The van der Waals surface area contributed by atoms with Gasteiger partial charge in [0, 0.05) is 27.7 Å². The van der Waals surface area contributed by atoms with E-state index in [1.54, 1.807) is 36.4 Å². The van der Waals surface area contributed by atoms with Crippen LogP contribution in [0, 0.1) is 6.92 Å². The van der Waals surface area contributed by atoms with Crippen LogP contribution in [0.3, 0.4) is 0 Å². The van der Waals surface area contributed by atoms with Crippen molar-refractivity contribution in [3.63, 3.8) is 0 Å². The van der Waals surface area contributed by atoms with Gasteiger partial charge in [-0.2, -0.15) is 9.41 Å². The van der Waals surface area contributed by atoms with Gasteiger partial charge in [0.1, 0.15) is 5.75 Å². The Morgan fingerprint density at radius 2 is 1.65 bits per heavy atom. The molecule has 7 nitrogen and oxygen atoms in total. The standard InChI is InChI=1S/C27H23Cl2N3O4S/c1-18-9-12-20(13-10-18)37(35,36)32(16-23-24(28)7-4-8-25(23)29)17-27(34)31-30-15-22-21-6-3-2-5-19(21)11-14-26(22)33/h2-15,33H,16-17H2,1H3,(H,31,34)/b30-15-. The van der Waals surface area contributed by atoms with Crippen LogP contribution in [0.25, 0.3) is 10.8 Å². The zero-order valence-electron chi connectivity index (χ0n) is 19.7. The third kappa shape index (κ3) is 6.11. The number of fused-ring (bicyclic) bond motifs is 1. The van der Waals surface area contributed by atoms with Gasteiger partial charge in [0.05, 0.1) is 17.7 Å². The monoisotopic (exact) mass is 555 g/mol. The lowest BCUT2D eigenvalue weighted by molar-refractivity contribution is -0.121. The van der Waals surface area contributed by atoms with Crippen molar-refractivity contribution in [1.29, 1.82) is 0 Å². The molecule has 4 rings (SSSR count). The minimum Gasteiger partial charge on any atom is -0.507 e. The quantitative estimate of drug-likeness (QED) is 0.221. The number of aryl methyl sites for hydroxylation is 1. The minimum absolute atomic E-state index is 0.00589. The summed E-state index contributed by atoms with van der Waals surface area (Å²) in [5, 5.41) is 16.4. The lowest BCUT2D eigenvalue weighted by Gasteiger charge is -2.22. The van der Waals surface area contributed by atoms with Crippen LogP contribution in [0.1, 0.15) is 16.7 Å². The molecule has 0 spiro atoms. The zero-order valence-corrected chi connectivity index (χ0v) is 22.1. The zero-order chi connectivity index (χ0) is 26.6. The van der Waals surface area contributed by atoms with Gasteiger partial charge in [0.15, 0.2) is 0 Å². The van der Waals surface area contributed by atoms with Crippen molar-refractivity contribution in [3.05, 3.63) is 106 Å². The molecule has 1 amide bonds. The molecule has 0 saturated heterocycles. The van der Waals surface area contributed by atoms with Crippen LogP contribution >= 0.6 is 23.2 Å². The van der Waals surface area contributed by atoms with Gasteiger partial charge < -0.3 is 5.11 Å². The highest BCUT2D eigenvalue weighted by molar-refractivity contribution is 7.89. The first kappa shape index (κ1) is 26.6. The normalized spacial score (nSPS) is 11.9. The fourth-order valence-corrected chi connectivity index (χ4v) is 5.61. The number of hydrogen-bond acceptors (Lipinski definition) is 5. The van der Waals surface area contributed by atoms with E-state index in [-0.39, 0.29) is 27.2 Å². The molecule has 0 unspecified atom stereocenters. The predicted molar refractivity (Wildman–Crippen MR) is 147 cm³/mol. The summed E-state index contributed by atoms with van der Waals surface area (Å²) in [5.41, 5.74) is 4.04. The third-order valence-electron chi connectivity index (χ3n) is 5.71. The van der Waals surface area contributed by atoms with E-state index < -0.39 is 22.5 Å². The van der Waals surface area contributed by atoms with Crippen molar-refractivity contribution in [2.45, 2.75) is 18.4 Å². The van der Waals surface area contributed by atoms with Gasteiger partial charge in [-0.05, 0) is 48.0 Å². The number of halogens is 2. The highest BCUT2D eigenvalue weighted by atomic mass is 35.5. The molecule has 0 saturated carbocycles. The van der Waals surface area contributed by atoms with Crippen LogP contribution in [-0.4, -0.2) is 36.5 Å². The number of nitrogens with zero attached hydrogens (tertiary/aromatic N) is 2. The van der Waals surface area contributed by atoms with Crippen LogP contribution < -0.4 is 5.43 Å². The summed E-state index contributed by atoms with van der Waals surface area (Å²) in [7, 11) is -4.09. The molecule has 2 N–H and O–H groups in total. The van der Waals surface area contributed by atoms with Gasteiger partial charge in [-0.15, -0.1) is 0 Å². The van der Waals surface area contributed by atoms with Crippen LogP contribution in [0.15, 0.2) is 88.9 Å². The number of aromatic hydroxyl groups is 1. The topological polar surface area (TPSA) is 99.1 Å². The molecule has 0 aliphatic heterocycles. The molecule has 4 aromatic rings. The molecule has 190 valence electrons. The molecule has 0 aliphatic carbocycles. The van der Waals surface area contributed by atoms with E-state index in [0.717, 1.165) is 20.6 Å². The molecular formula is C27H23Cl2N3O4S. The molecule has 0 aromatic heterocycles. The Kier molecular flexibility index (Phi) is 8.14. The second-order valence-corrected chi connectivity index (χ2v) is 11.1. The Morgan fingerprint density at radius 1 is 0.973 bits per heavy atom. The summed E-state index contributed by atoms with van der Waals surface area (Å²) < 4.78 is 28.0. The molecule has 4 aromatic carbocycles. The summed E-state index contributed by atoms with van der Waals surface area (Å²) >= 11 is 12.6. The Balaban J connectivity index is 1.59. The molecule has 0 aliphatic rings. The van der Waals surface area contributed by atoms with E-state index in [2.05, 4.69) is 10.5 Å². The van der Waals surface area contributed by atoms with Gasteiger partial charge in [-0.25, -0.2) is 13.8 Å². The van der Waals surface area contributed by atoms with Crippen LogP contribution in [0.2, 0.25) is 10.0 Å². The number of benzene rings is 4. The fraction of sp³-hybridized carbons (Fsp3) is 0.111. The van der Waals surface area contributed by atoms with Crippen molar-refractivity contribution in [2.24, 2.45) is 5.10 Å². The first-order chi connectivity index (χ1) is 17.7. The first-order valence-electron chi connectivity index (χ1n) is 11.2. The van der Waals surface area contributed by atoms with Gasteiger partial charge >= 0.3 is 0 Å². The summed E-state index contributed by atoms with van der Waals surface area (Å²) in [4.78, 5) is 12.9. The van der Waals surface area contributed by atoms with Crippen molar-refractivity contribution >= 4 is 56.1 Å². The Labute approximate surface area is 225 Å². The summed E-state index contributed by atoms with van der Waals surface area (Å²) in [6, 6.07) is 21.9. The largest absolute Gasteiger partial charge is 0.507 e. The summed E-state index contributed by atoms with van der Waals surface area (Å²) in [6.45, 7) is 1.07. The number of rotatable bonds is 8. The second-order valence-electron chi connectivity index (χ2n) is 8.30. The SMILES string of the molecule is Cc1ccc(S(=O)(=O)N(CC(=O)N/N=C\c2c(O)ccc3ccccc23)Cc2c(Cl)cccc2Cl)cc1. The number of phenolic OH excluding ortho intramolecular Hbond substituents is 1. The summed E-state index contributed by atoms with van der Waals surface area (Å²) in [5.74, 6) is -0.691. The number of phenols is 1. The van der Waals surface area contributed by atoms with E-state index in [4.69, 9.17) is 23.2 Å². The third-order valence-corrected chi connectivity index (χ3v) is 8.22. The molecule has 0 fully saturated rings. The highest BCUT2D eigenvalue weighted by Crippen LogP contribution is 2.28. The Morgan fingerprint density at radius 3 is 2.35 bits per heavy atom. The first-order valence-corrected chi connectivity index (χ1v) is 13.4. The number of hydrogen-bond donors (Lipinski definition) is 2. The molecule has 0 heterocycles. The average molecular weight is 556 g/mol. The number of carbonyl (C=O) groups excluding carboxylic acids is 1. The lowest BCUT2D eigenvalue weighted by atomic mass is 10.0. The lowest BCUT2D eigenvalue weighted by Crippen LogP contribution is -2.39. The fourth-order valence-electron chi connectivity index (χ4n) is 3.73. The predicted octanol–water partition coefficient (Wildman–Crippen LogP) is 5.50. The van der Waals surface area contributed by atoms with E-state index >= 15 is 0 Å². The smallest absolute Gasteiger partial charge is 0.255 e. The molecule has 10 heteroatoms. The number of hydrazone groups is 1. The van der Waals surface area contributed by atoms with Crippen molar-refractivity contribution in [1.82, 2.24) is 9.73 Å². The molecule has 0 atom stereocenters. The van der Waals surface area contributed by atoms with Crippen molar-refractivity contribution in [3.8, 4) is 5.75 Å². The maximum absolute atomic E-state index is 13.5. The number of sulfonamides is 1. The maximum Gasteiger partial charge on any atom is 0.255 e. The van der Waals surface area contributed by atoms with E-state index in [0.29, 0.717) is 11.1 Å². The van der Waals surface area contributed by atoms with Crippen LogP contribution in [0.5, 0.6) is 5.75 Å². The van der Waals surface area contributed by atoms with Crippen molar-refractivity contribution < 1.29 is 18.3 Å². The van der Waals surface area contributed by atoms with E-state index in [1.165, 1.54) is 24.4 Å².